The first-order valence-electron chi connectivity index (χ1n) is 6.41. The third-order valence-corrected chi connectivity index (χ3v) is 2.99. The highest BCUT2D eigenvalue weighted by molar-refractivity contribution is 6.32. The predicted octanol–water partition coefficient (Wildman–Crippen LogP) is 3.83. The number of hydrogen-bond acceptors (Lipinski definition) is 2. The van der Waals surface area contributed by atoms with Gasteiger partial charge in [0.2, 0.25) is 0 Å². The van der Waals surface area contributed by atoms with E-state index in [9.17, 15) is 4.79 Å². The molecule has 0 saturated carbocycles. The fourth-order valence-electron chi connectivity index (χ4n) is 1.59. The first-order valence-corrected chi connectivity index (χ1v) is 6.79. The highest BCUT2D eigenvalue weighted by Gasteiger charge is 2.14. The van der Waals surface area contributed by atoms with Gasteiger partial charge >= 0.3 is 6.09 Å². The van der Waals surface area contributed by atoms with Gasteiger partial charge in [0, 0.05) is 10.6 Å². The minimum absolute atomic E-state index is 0.246. The van der Waals surface area contributed by atoms with Crippen molar-refractivity contribution >= 4 is 17.7 Å². The standard InChI is InChI=1S/C16H20ClNO2/c1-11-9-13(10-12(2)14(11)17)7-6-8-18-15(19)20-16(3,4)5/h9-10H,8H2,1-5H3,(H,18,19). The number of nitrogens with one attached hydrogen (secondary N) is 1. The van der Waals surface area contributed by atoms with Crippen molar-refractivity contribution in [2.24, 2.45) is 0 Å². The Morgan fingerprint density at radius 2 is 1.85 bits per heavy atom. The van der Waals surface area contributed by atoms with Gasteiger partial charge in [-0.25, -0.2) is 4.79 Å². The van der Waals surface area contributed by atoms with Gasteiger partial charge in [-0.1, -0.05) is 23.4 Å². The summed E-state index contributed by atoms with van der Waals surface area (Å²) in [5.74, 6) is 5.88. The molecule has 0 heterocycles. The van der Waals surface area contributed by atoms with E-state index in [1.165, 1.54) is 0 Å². The number of benzene rings is 1. The number of amides is 1. The minimum atomic E-state index is -0.498. The number of hydrogen-bond donors (Lipinski definition) is 1. The van der Waals surface area contributed by atoms with Crippen molar-refractivity contribution in [3.63, 3.8) is 0 Å². The smallest absolute Gasteiger partial charge is 0.408 e. The summed E-state index contributed by atoms with van der Waals surface area (Å²) in [6.07, 6.45) is -0.463. The number of aryl methyl sites for hydroxylation is 2. The van der Waals surface area contributed by atoms with Crippen molar-refractivity contribution in [3.05, 3.63) is 33.8 Å². The molecule has 0 aliphatic carbocycles. The summed E-state index contributed by atoms with van der Waals surface area (Å²) in [4.78, 5) is 11.4. The maximum atomic E-state index is 11.4. The number of alkyl carbamates (subject to hydrolysis) is 1. The molecule has 0 atom stereocenters. The zero-order valence-electron chi connectivity index (χ0n) is 12.6. The normalized spacial score (nSPS) is 10.5. The van der Waals surface area contributed by atoms with Gasteiger partial charge in [0.25, 0.3) is 0 Å². The second-order valence-electron chi connectivity index (χ2n) is 5.58. The first-order chi connectivity index (χ1) is 9.19. The minimum Gasteiger partial charge on any atom is -0.444 e. The Hall–Kier alpha value is -1.66. The van der Waals surface area contributed by atoms with Gasteiger partial charge in [0.05, 0.1) is 6.54 Å². The van der Waals surface area contributed by atoms with Gasteiger partial charge < -0.3 is 10.1 Å². The summed E-state index contributed by atoms with van der Waals surface area (Å²) in [6, 6.07) is 3.85. The molecule has 0 saturated heterocycles. The lowest BCUT2D eigenvalue weighted by Crippen LogP contribution is -2.32. The highest BCUT2D eigenvalue weighted by atomic mass is 35.5. The molecule has 1 N–H and O–H groups in total. The fourth-order valence-corrected chi connectivity index (χ4v) is 1.70. The van der Waals surface area contributed by atoms with Gasteiger partial charge in [-0.2, -0.15) is 0 Å². The molecule has 0 unspecified atom stereocenters. The summed E-state index contributed by atoms with van der Waals surface area (Å²) in [5, 5.41) is 3.36. The molecule has 4 heteroatoms. The fraction of sp³-hybridized carbons (Fsp3) is 0.438. The van der Waals surface area contributed by atoms with Crippen LogP contribution in [-0.4, -0.2) is 18.2 Å². The maximum Gasteiger partial charge on any atom is 0.408 e. The van der Waals surface area contributed by atoms with Crippen LogP contribution in [0.2, 0.25) is 5.02 Å². The van der Waals surface area contributed by atoms with E-state index in [1.54, 1.807) is 0 Å². The van der Waals surface area contributed by atoms with Crippen molar-refractivity contribution in [1.82, 2.24) is 5.32 Å². The van der Waals surface area contributed by atoms with Gasteiger partial charge in [0.1, 0.15) is 5.60 Å². The molecule has 1 amide bonds. The lowest BCUT2D eigenvalue weighted by atomic mass is 10.1. The molecule has 108 valence electrons. The van der Waals surface area contributed by atoms with Gasteiger partial charge in [-0.3, -0.25) is 0 Å². The van der Waals surface area contributed by atoms with E-state index in [-0.39, 0.29) is 6.54 Å². The van der Waals surface area contributed by atoms with Crippen LogP contribution in [0.1, 0.15) is 37.5 Å². The van der Waals surface area contributed by atoms with E-state index < -0.39 is 11.7 Å². The largest absolute Gasteiger partial charge is 0.444 e. The van der Waals surface area contributed by atoms with E-state index in [0.717, 1.165) is 21.7 Å². The molecule has 0 fully saturated rings. The quantitative estimate of drug-likeness (QED) is 0.799. The molecule has 0 aliphatic rings. The molecule has 20 heavy (non-hydrogen) atoms. The molecule has 0 aromatic heterocycles. The van der Waals surface area contributed by atoms with Gasteiger partial charge in [-0.15, -0.1) is 0 Å². The van der Waals surface area contributed by atoms with Crippen molar-refractivity contribution < 1.29 is 9.53 Å². The molecule has 0 aliphatic heterocycles. The SMILES string of the molecule is Cc1cc(C#CCNC(=O)OC(C)(C)C)cc(C)c1Cl. The number of ether oxygens (including phenoxy) is 1. The number of carbonyl (C=O) groups is 1. The first kappa shape index (κ1) is 16.4. The molecule has 1 aromatic carbocycles. The Labute approximate surface area is 125 Å². The van der Waals surface area contributed by atoms with Crippen LogP contribution >= 0.6 is 11.6 Å². The van der Waals surface area contributed by atoms with E-state index in [4.69, 9.17) is 16.3 Å². The number of rotatable bonds is 1. The predicted molar refractivity (Wildman–Crippen MR) is 82.0 cm³/mol. The third-order valence-electron chi connectivity index (χ3n) is 2.39. The Kier molecular flexibility index (Phi) is 5.47. The van der Waals surface area contributed by atoms with Crippen molar-refractivity contribution in [2.45, 2.75) is 40.2 Å². The Bertz CT molecular complexity index is 539. The molecule has 3 nitrogen and oxygen atoms in total. The Balaban J connectivity index is 2.58. The lowest BCUT2D eigenvalue weighted by molar-refractivity contribution is 0.0535. The topological polar surface area (TPSA) is 38.3 Å². The van der Waals surface area contributed by atoms with E-state index in [0.29, 0.717) is 0 Å². The van der Waals surface area contributed by atoms with Crippen LogP contribution < -0.4 is 5.32 Å². The highest BCUT2D eigenvalue weighted by Crippen LogP contribution is 2.21. The van der Waals surface area contributed by atoms with Crippen LogP contribution in [0.3, 0.4) is 0 Å². The third kappa shape index (κ3) is 5.54. The maximum absolute atomic E-state index is 11.4. The molecule has 1 aromatic rings. The summed E-state index contributed by atoms with van der Waals surface area (Å²) in [5.41, 5.74) is 2.38. The molecular weight excluding hydrogens is 274 g/mol. The molecule has 0 radical (unpaired) electrons. The zero-order chi connectivity index (χ0) is 15.3. The monoisotopic (exact) mass is 293 g/mol. The molecule has 0 spiro atoms. The van der Waals surface area contributed by atoms with Crippen LogP contribution in [-0.2, 0) is 4.74 Å². The number of carbonyl (C=O) groups excluding carboxylic acids is 1. The summed E-state index contributed by atoms with van der Waals surface area (Å²) in [6.45, 7) is 9.58. The summed E-state index contributed by atoms with van der Waals surface area (Å²) in [7, 11) is 0. The van der Waals surface area contributed by atoms with Crippen molar-refractivity contribution in [2.75, 3.05) is 6.54 Å². The van der Waals surface area contributed by atoms with Gasteiger partial charge in [-0.05, 0) is 57.9 Å². The van der Waals surface area contributed by atoms with E-state index >= 15 is 0 Å². The summed E-state index contributed by atoms with van der Waals surface area (Å²) < 4.78 is 5.11. The second-order valence-corrected chi connectivity index (χ2v) is 5.96. The summed E-state index contributed by atoms with van der Waals surface area (Å²) >= 11 is 6.09. The van der Waals surface area contributed by atoms with Gasteiger partial charge in [0.15, 0.2) is 0 Å². The molecule has 0 bridgehead atoms. The van der Waals surface area contributed by atoms with Crippen LogP contribution in [0.5, 0.6) is 0 Å². The van der Waals surface area contributed by atoms with E-state index in [1.807, 2.05) is 46.8 Å². The average Bonchev–Trinajstić information content (AvgIpc) is 2.29. The number of halogens is 1. The Morgan fingerprint density at radius 1 is 1.30 bits per heavy atom. The molecule has 1 rings (SSSR count). The van der Waals surface area contributed by atoms with Crippen LogP contribution in [0, 0.1) is 25.7 Å². The van der Waals surface area contributed by atoms with Crippen LogP contribution in [0.4, 0.5) is 4.79 Å². The van der Waals surface area contributed by atoms with Crippen molar-refractivity contribution in [1.29, 1.82) is 0 Å². The van der Waals surface area contributed by atoms with Crippen molar-refractivity contribution in [3.8, 4) is 11.8 Å². The zero-order valence-corrected chi connectivity index (χ0v) is 13.3. The Morgan fingerprint density at radius 3 is 2.35 bits per heavy atom. The van der Waals surface area contributed by atoms with E-state index in [2.05, 4.69) is 17.2 Å². The van der Waals surface area contributed by atoms with Crippen LogP contribution in [0.25, 0.3) is 0 Å². The molecular formula is C16H20ClNO2. The average molecular weight is 294 g/mol. The second kappa shape index (κ2) is 6.67. The lowest BCUT2D eigenvalue weighted by Gasteiger charge is -2.19. The van der Waals surface area contributed by atoms with Crippen LogP contribution in [0.15, 0.2) is 12.1 Å².